The first-order valence-electron chi connectivity index (χ1n) is 11.3. The van der Waals surface area contributed by atoms with Gasteiger partial charge >= 0.3 is 0 Å². The molecule has 0 unspecified atom stereocenters. The van der Waals surface area contributed by atoms with Crippen LogP contribution in [0.3, 0.4) is 0 Å². The van der Waals surface area contributed by atoms with Gasteiger partial charge in [-0.15, -0.1) is 0 Å². The number of rotatable bonds is 9. The molecule has 2 amide bonds. The molecule has 1 aliphatic rings. The number of nitrogens with two attached hydrogens (primary N) is 1. The first kappa shape index (κ1) is 23.7. The maximum absolute atomic E-state index is 12.5. The Hall–Kier alpha value is -4.46. The number of amides is 2. The number of ether oxygens (including phenoxy) is 1. The van der Waals surface area contributed by atoms with E-state index in [0.29, 0.717) is 30.2 Å². The summed E-state index contributed by atoms with van der Waals surface area (Å²) in [5.74, 6) is 0.563. The van der Waals surface area contributed by atoms with E-state index in [1.807, 2.05) is 35.2 Å². The molecule has 2 aromatic carbocycles. The standard InChI is InChI=1S/C27H26N4O4/c1-2-26(33)30-20-12-13-31(17-20)25-15-24(22(16-29-25)27(28)34)35-21-10-8-18(9-11-21)14-23(32)19-6-4-3-5-7-19/h2-11,15-16,20H,1,12-14,17H2,(H2,28,34)(H,30,33)/t20-/m0/s1. The molecular weight excluding hydrogens is 444 g/mol. The Morgan fingerprint density at radius 3 is 2.57 bits per heavy atom. The largest absolute Gasteiger partial charge is 0.456 e. The quantitative estimate of drug-likeness (QED) is 0.366. The summed E-state index contributed by atoms with van der Waals surface area (Å²) >= 11 is 0. The van der Waals surface area contributed by atoms with Crippen LogP contribution in [0.5, 0.6) is 11.5 Å². The van der Waals surface area contributed by atoms with Crippen LogP contribution in [-0.2, 0) is 11.2 Å². The lowest BCUT2D eigenvalue weighted by Crippen LogP contribution is -2.36. The molecule has 4 rings (SSSR count). The third-order valence-electron chi connectivity index (χ3n) is 5.77. The highest BCUT2D eigenvalue weighted by atomic mass is 16.5. The second-order valence-electron chi connectivity index (χ2n) is 8.26. The summed E-state index contributed by atoms with van der Waals surface area (Å²) in [5, 5.41) is 2.89. The zero-order valence-corrected chi connectivity index (χ0v) is 19.1. The number of Topliss-reactive ketones (excluding diaryl/α,β-unsaturated/α-hetero) is 1. The predicted molar refractivity (Wildman–Crippen MR) is 133 cm³/mol. The van der Waals surface area contributed by atoms with Crippen molar-refractivity contribution in [2.45, 2.75) is 18.9 Å². The number of nitrogens with one attached hydrogen (secondary N) is 1. The highest BCUT2D eigenvalue weighted by molar-refractivity contribution is 5.97. The molecule has 35 heavy (non-hydrogen) atoms. The van der Waals surface area contributed by atoms with E-state index in [1.165, 1.54) is 12.3 Å². The number of carbonyl (C=O) groups is 3. The zero-order valence-electron chi connectivity index (χ0n) is 19.1. The van der Waals surface area contributed by atoms with E-state index < -0.39 is 5.91 Å². The Kier molecular flexibility index (Phi) is 7.21. The lowest BCUT2D eigenvalue weighted by atomic mass is 10.0. The summed E-state index contributed by atoms with van der Waals surface area (Å²) in [6.45, 7) is 4.74. The Bertz CT molecular complexity index is 1240. The number of nitrogens with zero attached hydrogens (tertiary/aromatic N) is 2. The van der Waals surface area contributed by atoms with Crippen molar-refractivity contribution in [3.8, 4) is 11.5 Å². The van der Waals surface area contributed by atoms with E-state index in [0.717, 1.165) is 12.0 Å². The molecule has 3 aromatic rings. The smallest absolute Gasteiger partial charge is 0.254 e. The molecule has 8 heteroatoms. The Balaban J connectivity index is 1.47. The summed E-state index contributed by atoms with van der Waals surface area (Å²) in [4.78, 5) is 42.4. The van der Waals surface area contributed by atoms with Crippen LogP contribution in [0.1, 0.15) is 32.7 Å². The summed E-state index contributed by atoms with van der Waals surface area (Å²) < 4.78 is 5.99. The second-order valence-corrected chi connectivity index (χ2v) is 8.26. The molecule has 178 valence electrons. The predicted octanol–water partition coefficient (Wildman–Crippen LogP) is 3.28. The first-order chi connectivity index (χ1) is 16.9. The molecule has 1 saturated heterocycles. The van der Waals surface area contributed by atoms with Gasteiger partial charge in [0.25, 0.3) is 5.91 Å². The van der Waals surface area contributed by atoms with Crippen LogP contribution in [0.15, 0.2) is 79.5 Å². The lowest BCUT2D eigenvalue weighted by Gasteiger charge is -2.19. The van der Waals surface area contributed by atoms with Gasteiger partial charge in [0, 0.05) is 43.4 Å². The fourth-order valence-corrected chi connectivity index (χ4v) is 3.93. The van der Waals surface area contributed by atoms with Crippen LogP contribution in [0.2, 0.25) is 0 Å². The van der Waals surface area contributed by atoms with Gasteiger partial charge in [0.2, 0.25) is 5.91 Å². The first-order valence-corrected chi connectivity index (χ1v) is 11.3. The second kappa shape index (κ2) is 10.6. The highest BCUT2D eigenvalue weighted by Crippen LogP contribution is 2.30. The third-order valence-corrected chi connectivity index (χ3v) is 5.77. The summed E-state index contributed by atoms with van der Waals surface area (Å²) in [6, 6.07) is 17.9. The van der Waals surface area contributed by atoms with Crippen molar-refractivity contribution in [3.63, 3.8) is 0 Å². The number of hydrogen-bond donors (Lipinski definition) is 2. The molecule has 1 atom stereocenters. The van der Waals surface area contributed by atoms with Gasteiger partial charge < -0.3 is 20.7 Å². The van der Waals surface area contributed by atoms with Gasteiger partial charge in [-0.25, -0.2) is 4.98 Å². The van der Waals surface area contributed by atoms with Crippen molar-refractivity contribution in [1.29, 1.82) is 0 Å². The van der Waals surface area contributed by atoms with Gasteiger partial charge in [-0.2, -0.15) is 0 Å². The minimum absolute atomic E-state index is 0.0198. The number of pyridine rings is 1. The molecule has 2 heterocycles. The molecule has 3 N–H and O–H groups in total. The average molecular weight is 471 g/mol. The molecule has 8 nitrogen and oxygen atoms in total. The van der Waals surface area contributed by atoms with Gasteiger partial charge in [-0.1, -0.05) is 49.0 Å². The Labute approximate surface area is 203 Å². The number of primary amides is 1. The van der Waals surface area contributed by atoms with Crippen LogP contribution >= 0.6 is 0 Å². The Morgan fingerprint density at radius 1 is 1.14 bits per heavy atom. The number of benzene rings is 2. The summed E-state index contributed by atoms with van der Waals surface area (Å²) in [6.07, 6.45) is 3.68. The van der Waals surface area contributed by atoms with Gasteiger partial charge in [-0.05, 0) is 30.2 Å². The molecule has 0 radical (unpaired) electrons. The number of hydrogen-bond acceptors (Lipinski definition) is 6. The van der Waals surface area contributed by atoms with E-state index in [-0.39, 0.29) is 35.5 Å². The third kappa shape index (κ3) is 5.92. The SMILES string of the molecule is C=CC(=O)N[C@H]1CCN(c2cc(Oc3ccc(CC(=O)c4ccccc4)cc3)c(C(N)=O)cn2)C1. The monoisotopic (exact) mass is 470 g/mol. The zero-order chi connectivity index (χ0) is 24.8. The summed E-state index contributed by atoms with van der Waals surface area (Å²) in [5.41, 5.74) is 7.20. The minimum atomic E-state index is -0.651. The molecule has 1 aliphatic heterocycles. The maximum Gasteiger partial charge on any atom is 0.254 e. The number of aromatic nitrogens is 1. The van der Waals surface area contributed by atoms with Crippen LogP contribution in [0, 0.1) is 0 Å². The fraction of sp³-hybridized carbons (Fsp3) is 0.185. The van der Waals surface area contributed by atoms with Crippen LogP contribution in [0.4, 0.5) is 5.82 Å². The minimum Gasteiger partial charge on any atom is -0.456 e. The van der Waals surface area contributed by atoms with E-state index in [1.54, 1.807) is 30.3 Å². The van der Waals surface area contributed by atoms with Crippen molar-refractivity contribution >= 4 is 23.4 Å². The van der Waals surface area contributed by atoms with E-state index in [9.17, 15) is 14.4 Å². The van der Waals surface area contributed by atoms with Gasteiger partial charge in [0.1, 0.15) is 22.9 Å². The topological polar surface area (TPSA) is 115 Å². The molecule has 0 aliphatic carbocycles. The van der Waals surface area contributed by atoms with Crippen molar-refractivity contribution in [2.24, 2.45) is 5.73 Å². The fourth-order valence-electron chi connectivity index (χ4n) is 3.93. The van der Waals surface area contributed by atoms with Crippen molar-refractivity contribution in [2.75, 3.05) is 18.0 Å². The van der Waals surface area contributed by atoms with E-state index >= 15 is 0 Å². The van der Waals surface area contributed by atoms with Crippen LogP contribution in [0.25, 0.3) is 0 Å². The maximum atomic E-state index is 12.5. The van der Waals surface area contributed by atoms with Crippen molar-refractivity contribution in [1.82, 2.24) is 10.3 Å². The van der Waals surface area contributed by atoms with E-state index in [4.69, 9.17) is 10.5 Å². The number of anilines is 1. The van der Waals surface area contributed by atoms with Gasteiger partial charge in [0.05, 0.1) is 0 Å². The lowest BCUT2D eigenvalue weighted by molar-refractivity contribution is -0.117. The highest BCUT2D eigenvalue weighted by Gasteiger charge is 2.25. The molecule has 0 saturated carbocycles. The number of ketones is 1. The average Bonchev–Trinajstić information content (AvgIpc) is 3.34. The Morgan fingerprint density at radius 2 is 1.89 bits per heavy atom. The summed E-state index contributed by atoms with van der Waals surface area (Å²) in [7, 11) is 0. The molecule has 1 fully saturated rings. The molecular formula is C27H26N4O4. The van der Waals surface area contributed by atoms with Crippen molar-refractivity contribution < 1.29 is 19.1 Å². The molecule has 1 aromatic heterocycles. The number of carbonyl (C=O) groups excluding carboxylic acids is 3. The molecule has 0 spiro atoms. The van der Waals surface area contributed by atoms with Gasteiger partial charge in [0.15, 0.2) is 5.78 Å². The molecule has 0 bridgehead atoms. The van der Waals surface area contributed by atoms with Crippen LogP contribution in [-0.4, -0.2) is 41.7 Å². The van der Waals surface area contributed by atoms with Gasteiger partial charge in [-0.3, -0.25) is 14.4 Å². The van der Waals surface area contributed by atoms with Crippen molar-refractivity contribution in [3.05, 3.63) is 96.2 Å². The van der Waals surface area contributed by atoms with Crippen LogP contribution < -0.4 is 20.7 Å². The normalized spacial score (nSPS) is 14.9. The van der Waals surface area contributed by atoms with E-state index in [2.05, 4.69) is 16.9 Å².